The van der Waals surface area contributed by atoms with Gasteiger partial charge in [-0.15, -0.1) is 0 Å². The summed E-state index contributed by atoms with van der Waals surface area (Å²) in [6, 6.07) is 10.4. The molecular weight excluding hydrogens is 288 g/mol. The van der Waals surface area contributed by atoms with E-state index >= 15 is 0 Å². The van der Waals surface area contributed by atoms with Crippen LogP contribution in [0.3, 0.4) is 0 Å². The third-order valence-corrected chi connectivity index (χ3v) is 4.37. The van der Waals surface area contributed by atoms with Crippen LogP contribution < -0.4 is 5.32 Å². The highest BCUT2D eigenvalue weighted by atomic mass is 16.1. The number of benzene rings is 1. The third-order valence-electron chi connectivity index (χ3n) is 4.37. The van der Waals surface area contributed by atoms with E-state index in [-0.39, 0.29) is 17.9 Å². The van der Waals surface area contributed by atoms with Crippen molar-refractivity contribution in [2.24, 2.45) is 0 Å². The number of fused-ring (bicyclic) bond motifs is 2. The predicted octanol–water partition coefficient (Wildman–Crippen LogP) is 3.49. The molecule has 0 bridgehead atoms. The summed E-state index contributed by atoms with van der Waals surface area (Å²) in [5, 5.41) is 8.53. The van der Waals surface area contributed by atoms with Gasteiger partial charge in [-0.2, -0.15) is 5.10 Å². The van der Waals surface area contributed by atoms with Gasteiger partial charge in [0.2, 0.25) is 5.91 Å². The molecule has 1 N–H and O–H groups in total. The second kappa shape index (κ2) is 5.19. The van der Waals surface area contributed by atoms with Crippen LogP contribution in [-0.2, 0) is 4.79 Å². The van der Waals surface area contributed by atoms with Crippen LogP contribution in [0, 0.1) is 0 Å². The topological polar surface area (TPSA) is 59.8 Å². The van der Waals surface area contributed by atoms with Gasteiger partial charge in [0.1, 0.15) is 5.82 Å². The molecule has 0 spiro atoms. The van der Waals surface area contributed by atoms with Gasteiger partial charge in [-0.1, -0.05) is 12.1 Å². The first kappa shape index (κ1) is 13.9. The zero-order valence-corrected chi connectivity index (χ0v) is 13.2. The fourth-order valence-electron chi connectivity index (χ4n) is 3.24. The number of hydrogen-bond acceptors (Lipinski definition) is 3. The van der Waals surface area contributed by atoms with Crippen LogP contribution in [0.4, 0.5) is 5.82 Å². The van der Waals surface area contributed by atoms with E-state index in [1.165, 1.54) is 0 Å². The molecule has 1 atom stereocenters. The van der Waals surface area contributed by atoms with E-state index in [9.17, 15) is 4.79 Å². The Hall–Kier alpha value is -2.69. The summed E-state index contributed by atoms with van der Waals surface area (Å²) in [5.41, 5.74) is 3.18. The van der Waals surface area contributed by atoms with E-state index in [0.717, 1.165) is 27.8 Å². The number of carbonyl (C=O) groups excluding carboxylic acids is 1. The van der Waals surface area contributed by atoms with Gasteiger partial charge >= 0.3 is 0 Å². The fraction of sp³-hybridized carbons (Fsp3) is 0.278. The largest absolute Gasteiger partial charge is 0.311 e. The molecule has 3 heterocycles. The van der Waals surface area contributed by atoms with Gasteiger partial charge in [0.15, 0.2) is 0 Å². The van der Waals surface area contributed by atoms with Crippen molar-refractivity contribution < 1.29 is 4.79 Å². The SMILES string of the molecule is CC(C)n1ncc2c1NC(=O)C[C@@H]2c1ccc2ncccc2c1. The number of aromatic nitrogens is 3. The normalized spacial score (nSPS) is 17.3. The molecule has 0 saturated heterocycles. The summed E-state index contributed by atoms with van der Waals surface area (Å²) in [7, 11) is 0. The van der Waals surface area contributed by atoms with E-state index in [0.29, 0.717) is 6.42 Å². The lowest BCUT2D eigenvalue weighted by Gasteiger charge is -2.24. The van der Waals surface area contributed by atoms with Crippen molar-refractivity contribution in [3.63, 3.8) is 0 Å². The van der Waals surface area contributed by atoms with Crippen LogP contribution in [0.1, 0.15) is 43.4 Å². The summed E-state index contributed by atoms with van der Waals surface area (Å²) in [6.45, 7) is 4.12. The van der Waals surface area contributed by atoms with E-state index in [2.05, 4.69) is 41.4 Å². The molecule has 23 heavy (non-hydrogen) atoms. The molecule has 0 radical (unpaired) electrons. The van der Waals surface area contributed by atoms with Gasteiger partial charge in [0.25, 0.3) is 0 Å². The summed E-state index contributed by atoms with van der Waals surface area (Å²) in [6.07, 6.45) is 4.12. The van der Waals surface area contributed by atoms with Crippen molar-refractivity contribution >= 4 is 22.6 Å². The first-order valence-electron chi connectivity index (χ1n) is 7.85. The van der Waals surface area contributed by atoms with Crippen LogP contribution >= 0.6 is 0 Å². The maximum absolute atomic E-state index is 12.2. The van der Waals surface area contributed by atoms with Crippen LogP contribution in [0.15, 0.2) is 42.7 Å². The molecule has 1 amide bonds. The van der Waals surface area contributed by atoms with Crippen LogP contribution in [-0.4, -0.2) is 20.7 Å². The molecule has 0 unspecified atom stereocenters. The second-order valence-electron chi connectivity index (χ2n) is 6.25. The Kier molecular flexibility index (Phi) is 3.15. The molecule has 116 valence electrons. The number of hydrogen-bond donors (Lipinski definition) is 1. The molecule has 1 aliphatic rings. The standard InChI is InChI=1S/C18H18N4O/c1-11(2)22-18-15(10-20-22)14(9-17(23)21-18)12-5-6-16-13(8-12)4-3-7-19-16/h3-8,10-11,14H,9H2,1-2H3,(H,21,23)/t14-/m1/s1. The van der Waals surface area contributed by atoms with Crippen molar-refractivity contribution in [2.45, 2.75) is 32.2 Å². The predicted molar refractivity (Wildman–Crippen MR) is 89.4 cm³/mol. The van der Waals surface area contributed by atoms with Gasteiger partial charge in [-0.3, -0.25) is 9.78 Å². The Bertz CT molecular complexity index is 897. The summed E-state index contributed by atoms with van der Waals surface area (Å²) < 4.78 is 1.88. The van der Waals surface area contributed by atoms with Crippen molar-refractivity contribution in [3.05, 3.63) is 53.9 Å². The number of anilines is 1. The molecular formula is C18H18N4O. The number of carbonyl (C=O) groups is 1. The molecule has 5 heteroatoms. The Morgan fingerprint density at radius 1 is 1.30 bits per heavy atom. The lowest BCUT2D eigenvalue weighted by molar-refractivity contribution is -0.116. The smallest absolute Gasteiger partial charge is 0.226 e. The third kappa shape index (κ3) is 2.29. The highest BCUT2D eigenvalue weighted by Gasteiger charge is 2.30. The summed E-state index contributed by atoms with van der Waals surface area (Å²) >= 11 is 0. The van der Waals surface area contributed by atoms with E-state index < -0.39 is 0 Å². The minimum absolute atomic E-state index is 0.0378. The van der Waals surface area contributed by atoms with Gasteiger partial charge in [0, 0.05) is 35.5 Å². The van der Waals surface area contributed by atoms with Crippen LogP contribution in [0.2, 0.25) is 0 Å². The molecule has 5 nitrogen and oxygen atoms in total. The number of rotatable bonds is 2. The van der Waals surface area contributed by atoms with Crippen LogP contribution in [0.25, 0.3) is 10.9 Å². The maximum atomic E-state index is 12.2. The number of nitrogens with one attached hydrogen (secondary N) is 1. The van der Waals surface area contributed by atoms with Gasteiger partial charge in [-0.25, -0.2) is 4.68 Å². The first-order valence-corrected chi connectivity index (χ1v) is 7.85. The second-order valence-corrected chi connectivity index (χ2v) is 6.25. The van der Waals surface area contributed by atoms with E-state index in [1.54, 1.807) is 6.20 Å². The molecule has 1 aromatic carbocycles. The average Bonchev–Trinajstić information content (AvgIpc) is 2.97. The highest BCUT2D eigenvalue weighted by molar-refractivity contribution is 5.94. The van der Waals surface area contributed by atoms with Gasteiger partial charge in [0.05, 0.1) is 11.7 Å². The fourth-order valence-corrected chi connectivity index (χ4v) is 3.24. The zero-order chi connectivity index (χ0) is 16.0. The summed E-state index contributed by atoms with van der Waals surface area (Å²) in [4.78, 5) is 16.5. The monoisotopic (exact) mass is 306 g/mol. The molecule has 0 saturated carbocycles. The minimum Gasteiger partial charge on any atom is -0.311 e. The molecule has 0 fully saturated rings. The lowest BCUT2D eigenvalue weighted by Crippen LogP contribution is -2.25. The first-order chi connectivity index (χ1) is 11.1. The Morgan fingerprint density at radius 3 is 3.00 bits per heavy atom. The summed E-state index contributed by atoms with van der Waals surface area (Å²) in [5.74, 6) is 0.902. The molecule has 3 aromatic rings. The van der Waals surface area contributed by atoms with E-state index in [4.69, 9.17) is 0 Å². The molecule has 2 aromatic heterocycles. The number of pyridine rings is 1. The van der Waals surface area contributed by atoms with Crippen LogP contribution in [0.5, 0.6) is 0 Å². The average molecular weight is 306 g/mol. The molecule has 4 rings (SSSR count). The Labute approximate surface area is 134 Å². The van der Waals surface area contributed by atoms with E-state index in [1.807, 2.05) is 29.1 Å². The van der Waals surface area contributed by atoms with Gasteiger partial charge in [-0.05, 0) is 37.6 Å². The zero-order valence-electron chi connectivity index (χ0n) is 13.2. The minimum atomic E-state index is 0.0378. The molecule has 1 aliphatic heterocycles. The number of amides is 1. The van der Waals surface area contributed by atoms with Crippen molar-refractivity contribution in [1.82, 2.24) is 14.8 Å². The number of nitrogens with zero attached hydrogens (tertiary/aromatic N) is 3. The molecule has 0 aliphatic carbocycles. The Morgan fingerprint density at radius 2 is 2.17 bits per heavy atom. The van der Waals surface area contributed by atoms with Crippen molar-refractivity contribution in [3.8, 4) is 0 Å². The van der Waals surface area contributed by atoms with Crippen molar-refractivity contribution in [2.75, 3.05) is 5.32 Å². The lowest BCUT2D eigenvalue weighted by atomic mass is 9.87. The highest BCUT2D eigenvalue weighted by Crippen LogP contribution is 2.38. The van der Waals surface area contributed by atoms with Crippen molar-refractivity contribution in [1.29, 1.82) is 0 Å². The Balaban J connectivity index is 1.84. The quantitative estimate of drug-likeness (QED) is 0.788. The maximum Gasteiger partial charge on any atom is 0.226 e. The van der Waals surface area contributed by atoms with Gasteiger partial charge < -0.3 is 5.32 Å².